The standard InChI is InChI=1S/C10H18O/c1-8(2)10(11)6-4-9(3)5-7-10/h4,6,8-9,11H,5,7H2,1-3H3/t9?,10-/m1/s1. The molecule has 0 saturated heterocycles. The minimum absolute atomic E-state index is 0.339. The third-order valence-corrected chi connectivity index (χ3v) is 2.71. The Balaban J connectivity index is 2.68. The first-order valence-electron chi connectivity index (χ1n) is 4.46. The van der Waals surface area contributed by atoms with Gasteiger partial charge in [-0.05, 0) is 24.7 Å². The van der Waals surface area contributed by atoms with E-state index < -0.39 is 5.60 Å². The quantitative estimate of drug-likeness (QED) is 0.575. The molecule has 0 bridgehead atoms. The molecule has 0 aromatic heterocycles. The van der Waals surface area contributed by atoms with Gasteiger partial charge >= 0.3 is 0 Å². The second-order valence-electron chi connectivity index (χ2n) is 4.02. The Morgan fingerprint density at radius 2 is 2.18 bits per heavy atom. The predicted molar refractivity (Wildman–Crippen MR) is 47.3 cm³/mol. The molecule has 1 rings (SSSR count). The van der Waals surface area contributed by atoms with Gasteiger partial charge in [-0.2, -0.15) is 0 Å². The molecule has 0 aromatic carbocycles. The summed E-state index contributed by atoms with van der Waals surface area (Å²) in [4.78, 5) is 0. The molecule has 1 N–H and O–H groups in total. The predicted octanol–water partition coefficient (Wildman–Crippen LogP) is 2.36. The topological polar surface area (TPSA) is 20.2 Å². The summed E-state index contributed by atoms with van der Waals surface area (Å²) in [5, 5.41) is 9.98. The van der Waals surface area contributed by atoms with E-state index in [0.29, 0.717) is 11.8 Å². The lowest BCUT2D eigenvalue weighted by molar-refractivity contribution is 0.0247. The molecule has 0 aromatic rings. The van der Waals surface area contributed by atoms with Crippen LogP contribution in [0.15, 0.2) is 12.2 Å². The molecule has 1 aliphatic carbocycles. The molecule has 0 aliphatic heterocycles. The van der Waals surface area contributed by atoms with Crippen LogP contribution in [0.2, 0.25) is 0 Å². The summed E-state index contributed by atoms with van der Waals surface area (Å²) in [6.45, 7) is 6.33. The molecule has 0 spiro atoms. The van der Waals surface area contributed by atoms with Crippen LogP contribution in [0.4, 0.5) is 0 Å². The van der Waals surface area contributed by atoms with Crippen LogP contribution in [0, 0.1) is 11.8 Å². The summed E-state index contributed by atoms with van der Waals surface area (Å²) in [5.74, 6) is 0.986. The molecule has 1 aliphatic rings. The van der Waals surface area contributed by atoms with Crippen LogP contribution in [-0.4, -0.2) is 10.7 Å². The molecule has 1 unspecified atom stereocenters. The highest BCUT2D eigenvalue weighted by Crippen LogP contribution is 2.31. The van der Waals surface area contributed by atoms with E-state index in [2.05, 4.69) is 26.8 Å². The van der Waals surface area contributed by atoms with Crippen molar-refractivity contribution in [3.05, 3.63) is 12.2 Å². The smallest absolute Gasteiger partial charge is 0.0850 e. The van der Waals surface area contributed by atoms with Gasteiger partial charge in [0.1, 0.15) is 0 Å². The van der Waals surface area contributed by atoms with Crippen LogP contribution in [0.3, 0.4) is 0 Å². The van der Waals surface area contributed by atoms with E-state index in [1.807, 2.05) is 6.08 Å². The maximum absolute atomic E-state index is 9.98. The minimum atomic E-state index is -0.521. The Labute approximate surface area is 69.1 Å². The minimum Gasteiger partial charge on any atom is -0.386 e. The highest BCUT2D eigenvalue weighted by atomic mass is 16.3. The molecule has 64 valence electrons. The maximum atomic E-state index is 9.98. The Hall–Kier alpha value is -0.300. The fourth-order valence-electron chi connectivity index (χ4n) is 1.45. The van der Waals surface area contributed by atoms with Gasteiger partial charge in [0.2, 0.25) is 0 Å². The summed E-state index contributed by atoms with van der Waals surface area (Å²) in [5.41, 5.74) is -0.521. The third-order valence-electron chi connectivity index (χ3n) is 2.71. The highest BCUT2D eigenvalue weighted by Gasteiger charge is 2.30. The van der Waals surface area contributed by atoms with Crippen molar-refractivity contribution in [1.82, 2.24) is 0 Å². The van der Waals surface area contributed by atoms with E-state index in [1.165, 1.54) is 0 Å². The summed E-state index contributed by atoms with van der Waals surface area (Å²) < 4.78 is 0. The van der Waals surface area contributed by atoms with E-state index in [9.17, 15) is 5.11 Å². The average molecular weight is 154 g/mol. The van der Waals surface area contributed by atoms with Crippen LogP contribution in [-0.2, 0) is 0 Å². The molecular weight excluding hydrogens is 136 g/mol. The van der Waals surface area contributed by atoms with E-state index in [0.717, 1.165) is 12.8 Å². The summed E-state index contributed by atoms with van der Waals surface area (Å²) >= 11 is 0. The van der Waals surface area contributed by atoms with Gasteiger partial charge in [-0.15, -0.1) is 0 Å². The van der Waals surface area contributed by atoms with Crippen molar-refractivity contribution in [3.8, 4) is 0 Å². The molecule has 2 atom stereocenters. The summed E-state index contributed by atoms with van der Waals surface area (Å²) in [7, 11) is 0. The van der Waals surface area contributed by atoms with Gasteiger partial charge in [-0.25, -0.2) is 0 Å². The monoisotopic (exact) mass is 154 g/mol. The van der Waals surface area contributed by atoms with Gasteiger partial charge in [0, 0.05) is 0 Å². The van der Waals surface area contributed by atoms with Gasteiger partial charge in [-0.1, -0.05) is 32.9 Å². The van der Waals surface area contributed by atoms with Crippen molar-refractivity contribution in [3.63, 3.8) is 0 Å². The van der Waals surface area contributed by atoms with Gasteiger partial charge in [-0.3, -0.25) is 0 Å². The van der Waals surface area contributed by atoms with Crippen molar-refractivity contribution >= 4 is 0 Å². The van der Waals surface area contributed by atoms with Crippen LogP contribution in [0.5, 0.6) is 0 Å². The Morgan fingerprint density at radius 3 is 2.55 bits per heavy atom. The van der Waals surface area contributed by atoms with Crippen molar-refractivity contribution in [1.29, 1.82) is 0 Å². The average Bonchev–Trinajstić information content (AvgIpc) is 1.95. The van der Waals surface area contributed by atoms with Crippen LogP contribution >= 0.6 is 0 Å². The summed E-state index contributed by atoms with van der Waals surface area (Å²) in [6.07, 6.45) is 6.14. The zero-order valence-electron chi connectivity index (χ0n) is 7.67. The van der Waals surface area contributed by atoms with Gasteiger partial charge < -0.3 is 5.11 Å². The highest BCUT2D eigenvalue weighted by molar-refractivity contribution is 5.08. The van der Waals surface area contributed by atoms with Crippen LogP contribution in [0.25, 0.3) is 0 Å². The largest absolute Gasteiger partial charge is 0.386 e. The van der Waals surface area contributed by atoms with Gasteiger partial charge in [0.15, 0.2) is 0 Å². The normalized spacial score (nSPS) is 38.1. The molecule has 11 heavy (non-hydrogen) atoms. The van der Waals surface area contributed by atoms with Crippen molar-refractivity contribution in [2.24, 2.45) is 11.8 Å². The lowest BCUT2D eigenvalue weighted by atomic mass is 9.79. The molecular formula is C10H18O. The fourth-order valence-corrected chi connectivity index (χ4v) is 1.45. The number of aliphatic hydroxyl groups is 1. The Kier molecular flexibility index (Phi) is 2.38. The van der Waals surface area contributed by atoms with Crippen molar-refractivity contribution in [2.45, 2.75) is 39.2 Å². The first-order valence-corrected chi connectivity index (χ1v) is 4.46. The van der Waals surface area contributed by atoms with Gasteiger partial charge in [0.05, 0.1) is 5.60 Å². The molecule has 0 radical (unpaired) electrons. The van der Waals surface area contributed by atoms with Crippen molar-refractivity contribution < 1.29 is 5.11 Å². The third kappa shape index (κ3) is 1.84. The number of rotatable bonds is 1. The first kappa shape index (κ1) is 8.79. The number of hydrogen-bond donors (Lipinski definition) is 1. The Morgan fingerprint density at radius 1 is 1.55 bits per heavy atom. The first-order chi connectivity index (χ1) is 5.04. The lowest BCUT2D eigenvalue weighted by Gasteiger charge is -2.33. The van der Waals surface area contributed by atoms with E-state index in [4.69, 9.17) is 0 Å². The maximum Gasteiger partial charge on any atom is 0.0850 e. The molecule has 0 amide bonds. The second kappa shape index (κ2) is 2.98. The van der Waals surface area contributed by atoms with Crippen LogP contribution in [0.1, 0.15) is 33.6 Å². The molecule has 0 saturated carbocycles. The zero-order valence-corrected chi connectivity index (χ0v) is 7.67. The Bertz CT molecular complexity index is 160. The molecule has 1 heteroatoms. The van der Waals surface area contributed by atoms with Crippen molar-refractivity contribution in [2.75, 3.05) is 0 Å². The molecule has 1 nitrogen and oxygen atoms in total. The zero-order chi connectivity index (χ0) is 8.48. The second-order valence-corrected chi connectivity index (χ2v) is 4.02. The lowest BCUT2D eigenvalue weighted by Crippen LogP contribution is -2.35. The molecule has 0 fully saturated rings. The summed E-state index contributed by atoms with van der Waals surface area (Å²) in [6, 6.07) is 0. The van der Waals surface area contributed by atoms with E-state index >= 15 is 0 Å². The SMILES string of the molecule is CC1C=C[C@](O)(C(C)C)CC1. The van der Waals surface area contributed by atoms with E-state index in [-0.39, 0.29) is 0 Å². The van der Waals surface area contributed by atoms with Crippen LogP contribution < -0.4 is 0 Å². The number of allylic oxidation sites excluding steroid dienone is 1. The van der Waals surface area contributed by atoms with Gasteiger partial charge in [0.25, 0.3) is 0 Å². The fraction of sp³-hybridized carbons (Fsp3) is 0.800. The molecule has 0 heterocycles. The number of hydrogen-bond acceptors (Lipinski definition) is 1. The van der Waals surface area contributed by atoms with E-state index in [1.54, 1.807) is 0 Å².